The van der Waals surface area contributed by atoms with Crippen LogP contribution in [-0.4, -0.2) is 38.5 Å². The highest BCUT2D eigenvalue weighted by molar-refractivity contribution is 6.00. The molecule has 4 rings (SSSR count). The number of unbranched alkanes of at least 4 members (excludes halogenated alkanes) is 1. The van der Waals surface area contributed by atoms with Crippen LogP contribution in [0.15, 0.2) is 48.5 Å². The van der Waals surface area contributed by atoms with Gasteiger partial charge in [-0.1, -0.05) is 55.8 Å². The van der Waals surface area contributed by atoms with Gasteiger partial charge in [-0.3, -0.25) is 9.78 Å². The molecule has 3 aromatic rings. The summed E-state index contributed by atoms with van der Waals surface area (Å²) in [5.74, 6) is -1.09. The maximum Gasteiger partial charge on any atom is 0.305 e. The third-order valence-electron chi connectivity index (χ3n) is 6.47. The molecule has 0 amide bonds. The quantitative estimate of drug-likeness (QED) is 0.322. The van der Waals surface area contributed by atoms with Crippen molar-refractivity contribution in [2.45, 2.75) is 70.0 Å². The highest BCUT2D eigenvalue weighted by Gasteiger charge is 2.30. The molecule has 3 N–H and O–H groups in total. The topological polar surface area (TPSA) is 90.7 Å². The molecule has 0 aliphatic heterocycles. The van der Waals surface area contributed by atoms with Crippen molar-refractivity contribution in [3.63, 3.8) is 0 Å². The third kappa shape index (κ3) is 6.13. The van der Waals surface area contributed by atoms with Gasteiger partial charge in [0.15, 0.2) is 0 Å². The summed E-state index contributed by atoms with van der Waals surface area (Å²) in [6.45, 7) is 2.17. The average molecular weight is 478 g/mol. The van der Waals surface area contributed by atoms with Crippen molar-refractivity contribution in [2.75, 3.05) is 0 Å². The van der Waals surface area contributed by atoms with E-state index in [1.54, 1.807) is 18.2 Å². The van der Waals surface area contributed by atoms with E-state index < -0.39 is 24.6 Å². The lowest BCUT2D eigenvalue weighted by Gasteiger charge is -2.18. The van der Waals surface area contributed by atoms with Crippen molar-refractivity contribution in [1.82, 2.24) is 4.98 Å². The van der Waals surface area contributed by atoms with Gasteiger partial charge in [0.25, 0.3) is 0 Å². The van der Waals surface area contributed by atoms with E-state index in [0.29, 0.717) is 5.92 Å². The van der Waals surface area contributed by atoms with E-state index in [9.17, 15) is 19.4 Å². The SMILES string of the molecule is CCCCc1cccc2c(-c3ccc(F)cc3)c(/C=C/[C@@H](O)C[C@@H](O)CC(=O)O)c(C3CC3)nc12. The number of fused-ring (bicyclic) bond motifs is 1. The van der Waals surface area contributed by atoms with Crippen LogP contribution < -0.4 is 0 Å². The fraction of sp³-hybridized carbons (Fsp3) is 0.379. The molecule has 184 valence electrons. The van der Waals surface area contributed by atoms with Crippen molar-refractivity contribution in [2.24, 2.45) is 0 Å². The standard InChI is InChI=1S/C29H32FNO4/c1-2-3-5-19-6-4-7-24-27(18-10-12-21(30)13-11-18)25(29(20-8-9-20)31-28(19)24)15-14-22(32)16-23(33)17-26(34)35/h4,6-7,10-15,20,22-23,32-33H,2-3,5,8-9,16-17H2,1H3,(H,34,35)/b15-14+/t22-,23-/m1/s1. The van der Waals surface area contributed by atoms with Crippen molar-refractivity contribution in [3.05, 3.63) is 71.2 Å². The minimum Gasteiger partial charge on any atom is -0.481 e. The lowest BCUT2D eigenvalue weighted by molar-refractivity contribution is -0.139. The molecule has 6 heteroatoms. The zero-order valence-corrected chi connectivity index (χ0v) is 20.0. The van der Waals surface area contributed by atoms with Crippen molar-refractivity contribution >= 4 is 22.9 Å². The number of benzene rings is 2. The average Bonchev–Trinajstić information content (AvgIpc) is 3.66. The summed E-state index contributed by atoms with van der Waals surface area (Å²) in [5, 5.41) is 30.3. The molecule has 0 spiro atoms. The summed E-state index contributed by atoms with van der Waals surface area (Å²) in [6.07, 6.45) is 5.95. The molecule has 0 unspecified atom stereocenters. The minimum absolute atomic E-state index is 0.0738. The number of rotatable bonds is 11. The van der Waals surface area contributed by atoms with E-state index in [1.165, 1.54) is 17.7 Å². The summed E-state index contributed by atoms with van der Waals surface area (Å²) in [6, 6.07) is 12.6. The first kappa shape index (κ1) is 25.0. The predicted molar refractivity (Wildman–Crippen MR) is 136 cm³/mol. The number of aliphatic hydroxyl groups is 2. The Balaban J connectivity index is 1.85. The zero-order chi connectivity index (χ0) is 24.9. The monoisotopic (exact) mass is 477 g/mol. The second-order valence-corrected chi connectivity index (χ2v) is 9.40. The molecule has 1 fully saturated rings. The number of aliphatic carboxylic acids is 1. The van der Waals surface area contributed by atoms with Gasteiger partial charge in [0.1, 0.15) is 5.82 Å². The molecule has 5 nitrogen and oxygen atoms in total. The van der Waals surface area contributed by atoms with E-state index in [4.69, 9.17) is 10.1 Å². The number of aromatic nitrogens is 1. The van der Waals surface area contributed by atoms with Crippen LogP contribution in [0.25, 0.3) is 28.1 Å². The number of nitrogens with zero attached hydrogens (tertiary/aromatic N) is 1. The Morgan fingerprint density at radius 2 is 1.91 bits per heavy atom. The highest BCUT2D eigenvalue weighted by Crippen LogP contribution is 2.46. The van der Waals surface area contributed by atoms with Gasteiger partial charge in [-0.15, -0.1) is 0 Å². The van der Waals surface area contributed by atoms with Gasteiger partial charge in [-0.05, 0) is 48.9 Å². The molecule has 2 atom stereocenters. The summed E-state index contributed by atoms with van der Waals surface area (Å²) < 4.78 is 13.8. The number of carbonyl (C=O) groups is 1. The first-order chi connectivity index (χ1) is 16.9. The molecular weight excluding hydrogens is 445 g/mol. The molecule has 1 aliphatic carbocycles. The van der Waals surface area contributed by atoms with Crippen LogP contribution in [0, 0.1) is 5.82 Å². The Labute approximate surface area is 205 Å². The van der Waals surface area contributed by atoms with Gasteiger partial charge in [0, 0.05) is 28.9 Å². The molecule has 1 aromatic heterocycles. The summed E-state index contributed by atoms with van der Waals surface area (Å²) >= 11 is 0. The van der Waals surface area contributed by atoms with E-state index >= 15 is 0 Å². The zero-order valence-electron chi connectivity index (χ0n) is 20.0. The van der Waals surface area contributed by atoms with Gasteiger partial charge in [0.2, 0.25) is 0 Å². The number of hydrogen-bond acceptors (Lipinski definition) is 4. The Morgan fingerprint density at radius 1 is 1.17 bits per heavy atom. The van der Waals surface area contributed by atoms with E-state index in [0.717, 1.165) is 65.4 Å². The lowest BCUT2D eigenvalue weighted by atomic mass is 9.90. The molecule has 0 bridgehead atoms. The van der Waals surface area contributed by atoms with Crippen LogP contribution in [0.3, 0.4) is 0 Å². The number of para-hydroxylation sites is 1. The normalized spacial score (nSPS) is 15.5. The van der Waals surface area contributed by atoms with E-state index in [1.807, 2.05) is 18.2 Å². The smallest absolute Gasteiger partial charge is 0.305 e. The van der Waals surface area contributed by atoms with Gasteiger partial charge in [-0.2, -0.15) is 0 Å². The highest BCUT2D eigenvalue weighted by atomic mass is 19.1. The Kier molecular flexibility index (Phi) is 7.93. The number of carboxylic acids is 1. The molecule has 1 aliphatic rings. The van der Waals surface area contributed by atoms with Crippen molar-refractivity contribution < 1.29 is 24.5 Å². The number of carboxylic acid groups (broad SMARTS) is 1. The van der Waals surface area contributed by atoms with E-state index in [-0.39, 0.29) is 12.2 Å². The Bertz CT molecular complexity index is 1220. The lowest BCUT2D eigenvalue weighted by Crippen LogP contribution is -2.19. The molecule has 35 heavy (non-hydrogen) atoms. The molecule has 0 radical (unpaired) electrons. The Morgan fingerprint density at radius 3 is 2.57 bits per heavy atom. The summed E-state index contributed by atoms with van der Waals surface area (Å²) in [5.41, 5.74) is 5.83. The third-order valence-corrected chi connectivity index (χ3v) is 6.47. The van der Waals surface area contributed by atoms with Gasteiger partial charge >= 0.3 is 5.97 Å². The summed E-state index contributed by atoms with van der Waals surface area (Å²) in [4.78, 5) is 16.0. The van der Waals surface area contributed by atoms with Crippen LogP contribution in [0.1, 0.15) is 68.2 Å². The fourth-order valence-electron chi connectivity index (χ4n) is 4.56. The van der Waals surface area contributed by atoms with Crippen molar-refractivity contribution in [3.8, 4) is 11.1 Å². The van der Waals surface area contributed by atoms with Gasteiger partial charge in [0.05, 0.1) is 29.8 Å². The number of hydrogen-bond donors (Lipinski definition) is 3. The molecular formula is C29H32FNO4. The fourth-order valence-corrected chi connectivity index (χ4v) is 4.56. The van der Waals surface area contributed by atoms with Crippen molar-refractivity contribution in [1.29, 1.82) is 0 Å². The number of aliphatic hydroxyl groups excluding tert-OH is 2. The first-order valence-electron chi connectivity index (χ1n) is 12.3. The number of pyridine rings is 1. The van der Waals surface area contributed by atoms with Crippen LogP contribution in [0.4, 0.5) is 4.39 Å². The van der Waals surface area contributed by atoms with Crippen LogP contribution in [0.2, 0.25) is 0 Å². The Hall–Kier alpha value is -3.09. The predicted octanol–water partition coefficient (Wildman–Crippen LogP) is 5.86. The number of aryl methyl sites for hydroxylation is 1. The summed E-state index contributed by atoms with van der Waals surface area (Å²) in [7, 11) is 0. The first-order valence-corrected chi connectivity index (χ1v) is 12.3. The van der Waals surface area contributed by atoms with Crippen LogP contribution in [0.5, 0.6) is 0 Å². The minimum atomic E-state index is -1.14. The van der Waals surface area contributed by atoms with E-state index in [2.05, 4.69) is 13.0 Å². The maximum absolute atomic E-state index is 13.8. The van der Waals surface area contributed by atoms with Gasteiger partial charge < -0.3 is 15.3 Å². The largest absolute Gasteiger partial charge is 0.481 e. The second kappa shape index (κ2) is 11.1. The maximum atomic E-state index is 13.8. The molecule has 2 aromatic carbocycles. The van der Waals surface area contributed by atoms with Gasteiger partial charge in [-0.25, -0.2) is 4.39 Å². The second-order valence-electron chi connectivity index (χ2n) is 9.40. The molecule has 1 saturated carbocycles. The van der Waals surface area contributed by atoms with Crippen LogP contribution in [-0.2, 0) is 11.2 Å². The molecule has 1 heterocycles. The van der Waals surface area contributed by atoms with Crippen LogP contribution >= 0.6 is 0 Å². The molecule has 0 saturated heterocycles. The number of halogens is 1.